The van der Waals surface area contributed by atoms with E-state index >= 15 is 0 Å². The molecule has 8 nitrogen and oxygen atoms in total. The molecule has 0 aromatic heterocycles. The third-order valence-electron chi connectivity index (χ3n) is 5.83. The van der Waals surface area contributed by atoms with E-state index in [2.05, 4.69) is 22.3 Å². The quantitative estimate of drug-likeness (QED) is 0.675. The fourth-order valence-electron chi connectivity index (χ4n) is 4.05. The van der Waals surface area contributed by atoms with Crippen LogP contribution in [0.4, 0.5) is 0 Å². The lowest BCUT2D eigenvalue weighted by atomic mass is 10.0. The van der Waals surface area contributed by atoms with Gasteiger partial charge in [0.05, 0.1) is 37.4 Å². The van der Waals surface area contributed by atoms with Gasteiger partial charge in [-0.2, -0.15) is 4.31 Å². The molecule has 2 heterocycles. The summed E-state index contributed by atoms with van der Waals surface area (Å²) in [4.78, 5) is 15.4. The molecular formula is C23H29N3O5S. The second-order valence-corrected chi connectivity index (χ2v) is 9.77. The van der Waals surface area contributed by atoms with E-state index in [9.17, 15) is 13.2 Å². The molecule has 2 aromatic carbocycles. The van der Waals surface area contributed by atoms with Gasteiger partial charge in [-0.05, 0) is 23.8 Å². The molecule has 0 saturated carbocycles. The maximum Gasteiger partial charge on any atom is 0.251 e. The first-order valence-electron chi connectivity index (χ1n) is 10.9. The summed E-state index contributed by atoms with van der Waals surface area (Å²) >= 11 is 0. The molecule has 0 spiro atoms. The fraction of sp³-hybridized carbons (Fsp3) is 0.435. The van der Waals surface area contributed by atoms with E-state index in [1.807, 2.05) is 18.2 Å². The van der Waals surface area contributed by atoms with E-state index in [1.165, 1.54) is 16.4 Å². The zero-order valence-electron chi connectivity index (χ0n) is 18.0. The number of morpholine rings is 2. The molecule has 32 heavy (non-hydrogen) atoms. The Morgan fingerprint density at radius 2 is 1.56 bits per heavy atom. The summed E-state index contributed by atoms with van der Waals surface area (Å²) in [5.41, 5.74) is 1.45. The van der Waals surface area contributed by atoms with Gasteiger partial charge in [-0.25, -0.2) is 8.42 Å². The highest BCUT2D eigenvalue weighted by molar-refractivity contribution is 7.89. The van der Waals surface area contributed by atoms with Gasteiger partial charge < -0.3 is 14.8 Å². The summed E-state index contributed by atoms with van der Waals surface area (Å²) in [6, 6.07) is 16.3. The summed E-state index contributed by atoms with van der Waals surface area (Å²) in [5, 5.41) is 3.00. The second-order valence-electron chi connectivity index (χ2n) is 7.83. The number of hydrogen-bond acceptors (Lipinski definition) is 6. The zero-order valence-corrected chi connectivity index (χ0v) is 18.8. The van der Waals surface area contributed by atoms with Crippen LogP contribution in [0, 0.1) is 0 Å². The van der Waals surface area contributed by atoms with E-state index in [1.54, 1.807) is 12.1 Å². The normalized spacial score (nSPS) is 19.4. The van der Waals surface area contributed by atoms with Gasteiger partial charge in [0.1, 0.15) is 0 Å². The van der Waals surface area contributed by atoms with Crippen molar-refractivity contribution in [2.45, 2.75) is 10.9 Å². The maximum absolute atomic E-state index is 12.9. The Morgan fingerprint density at radius 1 is 0.906 bits per heavy atom. The molecule has 1 amide bonds. The maximum atomic E-state index is 12.9. The molecule has 2 saturated heterocycles. The predicted octanol–water partition coefficient (Wildman–Crippen LogP) is 1.51. The van der Waals surface area contributed by atoms with Gasteiger partial charge >= 0.3 is 0 Å². The summed E-state index contributed by atoms with van der Waals surface area (Å²) in [5.74, 6) is -0.293. The van der Waals surface area contributed by atoms with E-state index in [0.29, 0.717) is 51.6 Å². The van der Waals surface area contributed by atoms with Gasteiger partial charge in [0.25, 0.3) is 5.91 Å². The number of carbonyl (C=O) groups excluding carboxylic acids is 1. The minimum absolute atomic E-state index is 0.0179. The first kappa shape index (κ1) is 22.9. The van der Waals surface area contributed by atoms with Gasteiger partial charge in [0.2, 0.25) is 10.0 Å². The van der Waals surface area contributed by atoms with Crippen LogP contribution < -0.4 is 5.32 Å². The molecule has 2 aliphatic heterocycles. The van der Waals surface area contributed by atoms with Crippen molar-refractivity contribution >= 4 is 15.9 Å². The predicted molar refractivity (Wildman–Crippen MR) is 120 cm³/mol. The van der Waals surface area contributed by atoms with Gasteiger partial charge in [0.15, 0.2) is 0 Å². The lowest BCUT2D eigenvalue weighted by Crippen LogP contribution is -2.43. The van der Waals surface area contributed by atoms with Gasteiger partial charge in [0, 0.05) is 38.3 Å². The van der Waals surface area contributed by atoms with Crippen LogP contribution in [0.15, 0.2) is 59.5 Å². The molecule has 0 radical (unpaired) electrons. The van der Waals surface area contributed by atoms with Gasteiger partial charge in [-0.1, -0.05) is 36.4 Å². The van der Waals surface area contributed by atoms with Gasteiger partial charge in [-0.3, -0.25) is 9.69 Å². The van der Waals surface area contributed by atoms with Crippen LogP contribution in [0.1, 0.15) is 22.0 Å². The van der Waals surface area contributed by atoms with Crippen molar-refractivity contribution in [2.75, 3.05) is 59.2 Å². The topological polar surface area (TPSA) is 88.2 Å². The molecule has 172 valence electrons. The summed E-state index contributed by atoms with van der Waals surface area (Å²) < 4.78 is 38.0. The number of amides is 1. The van der Waals surface area contributed by atoms with Gasteiger partial charge in [-0.15, -0.1) is 0 Å². The van der Waals surface area contributed by atoms with E-state index in [-0.39, 0.29) is 16.8 Å². The van der Waals surface area contributed by atoms with Crippen molar-refractivity contribution in [1.29, 1.82) is 0 Å². The average molecular weight is 460 g/mol. The van der Waals surface area contributed by atoms with Crippen molar-refractivity contribution in [2.24, 2.45) is 0 Å². The summed E-state index contributed by atoms with van der Waals surface area (Å²) in [6.45, 7) is 4.73. The molecule has 0 aliphatic carbocycles. The molecule has 9 heteroatoms. The Labute approximate surface area is 189 Å². The molecule has 2 aromatic rings. The SMILES string of the molecule is O=C(NCC(c1ccccc1)N1CCOCC1)c1cccc(S(=O)(=O)N2CCOCC2)c1. The molecule has 1 atom stereocenters. The van der Waals surface area contributed by atoms with Crippen molar-refractivity contribution in [1.82, 2.24) is 14.5 Å². The van der Waals surface area contributed by atoms with Crippen LogP contribution in [-0.4, -0.2) is 82.7 Å². The third-order valence-corrected chi connectivity index (χ3v) is 7.73. The van der Waals surface area contributed by atoms with Crippen molar-refractivity contribution in [3.8, 4) is 0 Å². The van der Waals surface area contributed by atoms with Crippen LogP contribution in [0.2, 0.25) is 0 Å². The Bertz CT molecular complexity index is 1000. The molecule has 2 fully saturated rings. The smallest absolute Gasteiger partial charge is 0.251 e. The fourth-order valence-corrected chi connectivity index (χ4v) is 5.50. The standard InChI is InChI=1S/C23H29N3O5S/c27-23(20-7-4-8-21(17-20)32(28,29)26-11-15-31-16-12-26)24-18-22(19-5-2-1-3-6-19)25-9-13-30-14-10-25/h1-8,17,22H,9-16,18H2,(H,24,27). The Morgan fingerprint density at radius 3 is 2.25 bits per heavy atom. The molecule has 4 rings (SSSR count). The second kappa shape index (κ2) is 10.5. The molecule has 2 aliphatic rings. The van der Waals surface area contributed by atoms with Crippen LogP contribution in [0.25, 0.3) is 0 Å². The molecule has 1 unspecified atom stereocenters. The minimum Gasteiger partial charge on any atom is -0.379 e. The van der Waals surface area contributed by atoms with Crippen LogP contribution >= 0.6 is 0 Å². The molecular weight excluding hydrogens is 430 g/mol. The Kier molecular flexibility index (Phi) is 7.54. The van der Waals surface area contributed by atoms with E-state index in [4.69, 9.17) is 9.47 Å². The van der Waals surface area contributed by atoms with E-state index < -0.39 is 10.0 Å². The number of nitrogens with one attached hydrogen (secondary N) is 1. The van der Waals surface area contributed by atoms with Crippen molar-refractivity contribution in [3.63, 3.8) is 0 Å². The van der Waals surface area contributed by atoms with E-state index in [0.717, 1.165) is 18.7 Å². The Hall–Kier alpha value is -2.30. The molecule has 0 bridgehead atoms. The number of nitrogens with zero attached hydrogens (tertiary/aromatic N) is 2. The average Bonchev–Trinajstić information content (AvgIpc) is 2.86. The van der Waals surface area contributed by atoms with Crippen LogP contribution in [-0.2, 0) is 19.5 Å². The lowest BCUT2D eigenvalue weighted by Gasteiger charge is -2.35. The van der Waals surface area contributed by atoms with Crippen LogP contribution in [0.3, 0.4) is 0 Å². The largest absolute Gasteiger partial charge is 0.379 e. The van der Waals surface area contributed by atoms with Crippen molar-refractivity contribution in [3.05, 3.63) is 65.7 Å². The van der Waals surface area contributed by atoms with Crippen molar-refractivity contribution < 1.29 is 22.7 Å². The number of carbonyl (C=O) groups is 1. The lowest BCUT2D eigenvalue weighted by molar-refractivity contribution is 0.0162. The minimum atomic E-state index is -3.66. The number of ether oxygens (including phenoxy) is 2. The number of benzene rings is 2. The third kappa shape index (κ3) is 5.36. The number of sulfonamides is 1. The molecule has 1 N–H and O–H groups in total. The Balaban J connectivity index is 1.47. The zero-order chi connectivity index (χ0) is 22.4. The highest BCUT2D eigenvalue weighted by atomic mass is 32.2. The first-order chi connectivity index (χ1) is 15.6. The monoisotopic (exact) mass is 459 g/mol. The summed E-state index contributed by atoms with van der Waals surface area (Å²) in [7, 11) is -3.66. The summed E-state index contributed by atoms with van der Waals surface area (Å²) in [6.07, 6.45) is 0. The highest BCUT2D eigenvalue weighted by Crippen LogP contribution is 2.22. The van der Waals surface area contributed by atoms with Crippen LogP contribution in [0.5, 0.6) is 0 Å². The first-order valence-corrected chi connectivity index (χ1v) is 12.3. The highest BCUT2D eigenvalue weighted by Gasteiger charge is 2.27. The number of hydrogen-bond donors (Lipinski definition) is 1. The number of rotatable bonds is 7.